The average Bonchev–Trinajstić information content (AvgIpc) is 2.43. The molecule has 2 aliphatic heterocycles. The van der Waals surface area contributed by atoms with E-state index in [1.807, 2.05) is 0 Å². The highest BCUT2D eigenvalue weighted by Gasteiger charge is 2.37. The maximum absolute atomic E-state index is 12.5. The van der Waals surface area contributed by atoms with Gasteiger partial charge in [-0.25, -0.2) is 4.79 Å². The van der Waals surface area contributed by atoms with E-state index >= 15 is 0 Å². The number of carbonyl (C=O) groups excluding carboxylic acids is 1. The summed E-state index contributed by atoms with van der Waals surface area (Å²) in [5.41, 5.74) is 0.430. The molecule has 1 saturated carbocycles. The smallest absolute Gasteiger partial charge is 0.315 e. The Labute approximate surface area is 141 Å². The third-order valence-corrected chi connectivity index (χ3v) is 6.69. The van der Waals surface area contributed by atoms with Crippen LogP contribution in [0, 0.1) is 11.3 Å². The summed E-state index contributed by atoms with van der Waals surface area (Å²) in [7, 11) is 2.26. The summed E-state index contributed by atoms with van der Waals surface area (Å²) < 4.78 is 0. The molecule has 132 valence electrons. The van der Waals surface area contributed by atoms with Gasteiger partial charge in [-0.2, -0.15) is 0 Å². The zero-order valence-corrected chi connectivity index (χ0v) is 15.4. The van der Waals surface area contributed by atoms with Crippen LogP contribution in [0.3, 0.4) is 0 Å². The second-order valence-corrected chi connectivity index (χ2v) is 9.18. The lowest BCUT2D eigenvalue weighted by Crippen LogP contribution is -2.57. The van der Waals surface area contributed by atoms with Gasteiger partial charge in [0, 0.05) is 24.2 Å². The standard InChI is InChI=1S/C19H35N3O/c1-13-12-19(2,3)9-8-17(13)21-18(23)20-14-10-15-6-5-7-16(11-14)22(15)4/h13-17H,5-12H2,1-4H3,(H2,20,21,23). The quantitative estimate of drug-likeness (QED) is 0.817. The lowest BCUT2D eigenvalue weighted by atomic mass is 9.70. The van der Waals surface area contributed by atoms with Crippen LogP contribution in [-0.4, -0.2) is 42.1 Å². The number of nitrogens with one attached hydrogen (secondary N) is 2. The Bertz CT molecular complexity index is 422. The first kappa shape index (κ1) is 17.1. The average molecular weight is 322 g/mol. The van der Waals surface area contributed by atoms with Crippen LogP contribution >= 0.6 is 0 Å². The molecule has 0 spiro atoms. The van der Waals surface area contributed by atoms with E-state index < -0.39 is 0 Å². The molecule has 0 aromatic heterocycles. The summed E-state index contributed by atoms with van der Waals surface area (Å²) in [4.78, 5) is 15.0. The van der Waals surface area contributed by atoms with Gasteiger partial charge >= 0.3 is 6.03 Å². The summed E-state index contributed by atoms with van der Waals surface area (Å²) in [5, 5.41) is 6.55. The molecule has 0 radical (unpaired) electrons. The van der Waals surface area contributed by atoms with Gasteiger partial charge < -0.3 is 15.5 Å². The highest BCUT2D eigenvalue weighted by molar-refractivity contribution is 5.74. The summed E-state index contributed by atoms with van der Waals surface area (Å²) in [6.07, 6.45) is 9.70. The van der Waals surface area contributed by atoms with Gasteiger partial charge in [0.2, 0.25) is 0 Å². The van der Waals surface area contributed by atoms with Gasteiger partial charge in [-0.1, -0.05) is 27.2 Å². The van der Waals surface area contributed by atoms with Crippen LogP contribution in [0.1, 0.15) is 72.1 Å². The normalized spacial score (nSPS) is 40.4. The fraction of sp³-hybridized carbons (Fsp3) is 0.947. The minimum absolute atomic E-state index is 0.0641. The van der Waals surface area contributed by atoms with Gasteiger partial charge in [0.05, 0.1) is 0 Å². The summed E-state index contributed by atoms with van der Waals surface area (Å²) in [6.45, 7) is 6.97. The van der Waals surface area contributed by atoms with E-state index in [-0.39, 0.29) is 6.03 Å². The van der Waals surface area contributed by atoms with Gasteiger partial charge in [-0.3, -0.25) is 0 Å². The fourth-order valence-electron chi connectivity index (χ4n) is 5.29. The molecule has 1 aliphatic carbocycles. The van der Waals surface area contributed by atoms with Gasteiger partial charge in [0.15, 0.2) is 0 Å². The van der Waals surface area contributed by atoms with Crippen LogP contribution in [-0.2, 0) is 0 Å². The van der Waals surface area contributed by atoms with Crippen LogP contribution in [0.15, 0.2) is 0 Å². The molecule has 2 heterocycles. The molecular formula is C19H35N3O. The van der Waals surface area contributed by atoms with Crippen molar-refractivity contribution in [2.75, 3.05) is 7.05 Å². The zero-order valence-electron chi connectivity index (χ0n) is 15.4. The Kier molecular flexibility index (Phi) is 4.91. The van der Waals surface area contributed by atoms with Crippen molar-refractivity contribution < 1.29 is 4.79 Å². The Hall–Kier alpha value is -0.770. The topological polar surface area (TPSA) is 44.4 Å². The van der Waals surface area contributed by atoms with Gasteiger partial charge in [-0.05, 0) is 63.3 Å². The molecule has 0 aromatic carbocycles. The summed E-state index contributed by atoms with van der Waals surface area (Å²) >= 11 is 0. The van der Waals surface area contributed by atoms with Crippen molar-refractivity contribution in [1.82, 2.24) is 15.5 Å². The van der Waals surface area contributed by atoms with Crippen molar-refractivity contribution >= 4 is 6.03 Å². The highest BCUT2D eigenvalue weighted by atomic mass is 16.2. The molecule has 2 bridgehead atoms. The Morgan fingerprint density at radius 1 is 1.09 bits per heavy atom. The van der Waals surface area contributed by atoms with Crippen LogP contribution in [0.25, 0.3) is 0 Å². The molecule has 3 rings (SSSR count). The molecule has 2 N–H and O–H groups in total. The molecule has 4 nitrogen and oxygen atoms in total. The van der Waals surface area contributed by atoms with Crippen molar-refractivity contribution in [2.24, 2.45) is 11.3 Å². The van der Waals surface area contributed by atoms with E-state index in [1.54, 1.807) is 0 Å². The third kappa shape index (κ3) is 4.01. The third-order valence-electron chi connectivity index (χ3n) is 6.69. The van der Waals surface area contributed by atoms with Crippen molar-refractivity contribution in [2.45, 2.75) is 96.3 Å². The van der Waals surface area contributed by atoms with Crippen molar-refractivity contribution in [1.29, 1.82) is 0 Å². The van der Waals surface area contributed by atoms with Crippen LogP contribution in [0.4, 0.5) is 4.79 Å². The summed E-state index contributed by atoms with van der Waals surface area (Å²) in [6, 6.07) is 2.10. The number of nitrogens with zero attached hydrogens (tertiary/aromatic N) is 1. The first-order valence-electron chi connectivity index (χ1n) is 9.63. The van der Waals surface area contributed by atoms with E-state index in [0.29, 0.717) is 35.5 Å². The maximum atomic E-state index is 12.5. The van der Waals surface area contributed by atoms with Crippen molar-refractivity contribution in [3.05, 3.63) is 0 Å². The Morgan fingerprint density at radius 2 is 1.74 bits per heavy atom. The van der Waals surface area contributed by atoms with E-state index in [2.05, 4.69) is 43.4 Å². The van der Waals surface area contributed by atoms with Crippen LogP contribution in [0.2, 0.25) is 0 Å². The number of piperidine rings is 2. The second-order valence-electron chi connectivity index (χ2n) is 9.18. The van der Waals surface area contributed by atoms with E-state index in [4.69, 9.17) is 0 Å². The molecule has 23 heavy (non-hydrogen) atoms. The zero-order chi connectivity index (χ0) is 16.6. The maximum Gasteiger partial charge on any atom is 0.315 e. The number of hydrogen-bond acceptors (Lipinski definition) is 2. The lowest BCUT2D eigenvalue weighted by Gasteiger charge is -2.47. The van der Waals surface area contributed by atoms with E-state index in [0.717, 1.165) is 19.3 Å². The van der Waals surface area contributed by atoms with Gasteiger partial charge in [0.25, 0.3) is 0 Å². The predicted octanol–water partition coefficient (Wildman–Crippen LogP) is 3.52. The van der Waals surface area contributed by atoms with Crippen molar-refractivity contribution in [3.63, 3.8) is 0 Å². The molecular weight excluding hydrogens is 286 g/mol. The SMILES string of the molecule is CC1CC(C)(C)CCC1NC(=O)NC1CC2CCCC(C1)N2C. The minimum Gasteiger partial charge on any atom is -0.335 e. The Morgan fingerprint density at radius 3 is 2.35 bits per heavy atom. The number of rotatable bonds is 2. The predicted molar refractivity (Wildman–Crippen MR) is 94.5 cm³/mol. The molecule has 0 aromatic rings. The van der Waals surface area contributed by atoms with Gasteiger partial charge in [-0.15, -0.1) is 0 Å². The first-order chi connectivity index (χ1) is 10.8. The molecule has 4 unspecified atom stereocenters. The molecule has 3 fully saturated rings. The number of fused-ring (bicyclic) bond motifs is 2. The van der Waals surface area contributed by atoms with Crippen LogP contribution < -0.4 is 10.6 Å². The largest absolute Gasteiger partial charge is 0.335 e. The lowest BCUT2D eigenvalue weighted by molar-refractivity contribution is 0.0504. The minimum atomic E-state index is 0.0641. The van der Waals surface area contributed by atoms with Gasteiger partial charge in [0.1, 0.15) is 0 Å². The number of urea groups is 1. The van der Waals surface area contributed by atoms with E-state index in [1.165, 1.54) is 32.1 Å². The second kappa shape index (κ2) is 6.62. The highest BCUT2D eigenvalue weighted by Crippen LogP contribution is 2.38. The first-order valence-corrected chi connectivity index (χ1v) is 9.63. The number of carbonyl (C=O) groups is 1. The molecule has 4 heteroatoms. The monoisotopic (exact) mass is 321 g/mol. The number of hydrogen-bond donors (Lipinski definition) is 2. The molecule has 4 atom stereocenters. The number of amides is 2. The molecule has 2 saturated heterocycles. The Balaban J connectivity index is 1.48. The summed E-state index contributed by atoms with van der Waals surface area (Å²) in [5.74, 6) is 0.571. The fourth-order valence-corrected chi connectivity index (χ4v) is 5.29. The molecule has 2 amide bonds. The molecule has 3 aliphatic rings. The van der Waals surface area contributed by atoms with E-state index in [9.17, 15) is 4.79 Å². The van der Waals surface area contributed by atoms with Crippen molar-refractivity contribution in [3.8, 4) is 0 Å². The van der Waals surface area contributed by atoms with Crippen LogP contribution in [0.5, 0.6) is 0 Å².